The van der Waals surface area contributed by atoms with Crippen LogP contribution in [-0.4, -0.2) is 69.1 Å². The van der Waals surface area contributed by atoms with Crippen LogP contribution in [0.4, 0.5) is 0 Å². The number of aliphatic hydroxyl groups is 2. The number of benzene rings is 1. The predicted octanol–water partition coefficient (Wildman–Crippen LogP) is 2.59. The molecule has 0 saturated carbocycles. The Morgan fingerprint density at radius 3 is 2.48 bits per heavy atom. The van der Waals surface area contributed by atoms with E-state index in [1.54, 1.807) is 0 Å². The fraction of sp³-hybridized carbons (Fsp3) is 0.714. The average Bonchev–Trinajstić information content (AvgIpc) is 2.85. The molecule has 0 spiro atoms. The van der Waals surface area contributed by atoms with E-state index in [0.29, 0.717) is 0 Å². The molecular weight excluding hydrogens is 392 g/mol. The summed E-state index contributed by atoms with van der Waals surface area (Å²) >= 11 is 0. The van der Waals surface area contributed by atoms with Crippen LogP contribution in [0.5, 0.6) is 0 Å². The van der Waals surface area contributed by atoms with E-state index < -0.39 is 45.1 Å². The van der Waals surface area contributed by atoms with Gasteiger partial charge >= 0.3 is 0 Å². The van der Waals surface area contributed by atoms with Gasteiger partial charge in [0.2, 0.25) is 0 Å². The molecule has 8 heteroatoms. The lowest BCUT2D eigenvalue weighted by atomic mass is 9.98. The molecule has 29 heavy (non-hydrogen) atoms. The lowest BCUT2D eigenvalue weighted by molar-refractivity contribution is -0.280. The Hall–Kier alpha value is -0.843. The highest BCUT2D eigenvalue weighted by atomic mass is 28.4. The van der Waals surface area contributed by atoms with Crippen molar-refractivity contribution in [3.63, 3.8) is 0 Å². The molecule has 2 aliphatic heterocycles. The molecule has 0 aliphatic carbocycles. The summed E-state index contributed by atoms with van der Waals surface area (Å²) < 4.78 is 29.2. The molecule has 2 saturated heterocycles. The molecule has 0 radical (unpaired) electrons. The second-order valence-corrected chi connectivity index (χ2v) is 14.1. The van der Waals surface area contributed by atoms with Gasteiger partial charge in [-0.1, -0.05) is 51.1 Å². The lowest BCUT2D eigenvalue weighted by Crippen LogP contribution is -2.54. The SMILES string of the molecule is CC(C)(C)[Si](C)(C)OC[C@@H](O)[C@H]1OCO[C@@H]2COC(c3ccccc3)O[C@H]2[C@@H]1O. The number of fused-ring (bicyclic) bond motifs is 1. The second-order valence-electron chi connectivity index (χ2n) is 9.26. The monoisotopic (exact) mass is 426 g/mol. The van der Waals surface area contributed by atoms with E-state index in [4.69, 9.17) is 23.4 Å². The average molecular weight is 427 g/mol. The minimum absolute atomic E-state index is 0.0244. The van der Waals surface area contributed by atoms with Crippen molar-refractivity contribution >= 4 is 8.32 Å². The molecule has 164 valence electrons. The zero-order valence-corrected chi connectivity index (χ0v) is 18.9. The van der Waals surface area contributed by atoms with E-state index in [9.17, 15) is 10.2 Å². The van der Waals surface area contributed by atoms with Gasteiger partial charge in [-0.3, -0.25) is 0 Å². The van der Waals surface area contributed by atoms with Crippen molar-refractivity contribution in [2.24, 2.45) is 0 Å². The maximum atomic E-state index is 11.0. The Morgan fingerprint density at radius 1 is 1.14 bits per heavy atom. The molecule has 0 aromatic heterocycles. The first kappa shape index (κ1) is 22.8. The maximum Gasteiger partial charge on any atom is 0.192 e. The molecule has 2 N–H and O–H groups in total. The quantitative estimate of drug-likeness (QED) is 0.700. The Balaban J connectivity index is 1.67. The number of aliphatic hydroxyl groups excluding tert-OH is 2. The number of hydrogen-bond acceptors (Lipinski definition) is 7. The van der Waals surface area contributed by atoms with E-state index in [2.05, 4.69) is 33.9 Å². The first-order valence-corrected chi connectivity index (χ1v) is 13.1. The lowest BCUT2D eigenvalue weighted by Gasteiger charge is -2.39. The predicted molar refractivity (Wildman–Crippen MR) is 110 cm³/mol. The van der Waals surface area contributed by atoms with E-state index in [1.165, 1.54) is 0 Å². The van der Waals surface area contributed by atoms with Gasteiger partial charge in [-0.25, -0.2) is 0 Å². The highest BCUT2D eigenvalue weighted by Crippen LogP contribution is 2.37. The van der Waals surface area contributed by atoms with Gasteiger partial charge in [0, 0.05) is 5.56 Å². The minimum Gasteiger partial charge on any atom is -0.414 e. The molecule has 2 fully saturated rings. The summed E-state index contributed by atoms with van der Waals surface area (Å²) in [5.41, 5.74) is 0.863. The van der Waals surface area contributed by atoms with Gasteiger partial charge in [-0.05, 0) is 18.1 Å². The van der Waals surface area contributed by atoms with Crippen molar-refractivity contribution in [2.75, 3.05) is 20.0 Å². The van der Waals surface area contributed by atoms with Crippen LogP contribution in [-0.2, 0) is 23.4 Å². The summed E-state index contributed by atoms with van der Waals surface area (Å²) in [5.74, 6) is 0. The van der Waals surface area contributed by atoms with Gasteiger partial charge in [0.25, 0.3) is 0 Å². The first-order valence-electron chi connectivity index (χ1n) is 10.2. The second kappa shape index (κ2) is 9.11. The van der Waals surface area contributed by atoms with Gasteiger partial charge in [0.1, 0.15) is 37.3 Å². The van der Waals surface area contributed by atoms with Crippen molar-refractivity contribution in [3.05, 3.63) is 35.9 Å². The standard InChI is InChI=1S/C21H34O7Si/c1-21(2,3)29(4,5)27-11-15(22)18-17(23)19-16(25-13-26-18)12-24-20(28-19)14-9-7-6-8-10-14/h6-10,15-20,22-23H,11-13H2,1-5H3/t15-,16-,17-,18-,19-,20?/m1/s1. The van der Waals surface area contributed by atoms with Gasteiger partial charge in [-0.2, -0.15) is 0 Å². The molecule has 0 amide bonds. The van der Waals surface area contributed by atoms with Crippen LogP contribution in [0.15, 0.2) is 30.3 Å². The Morgan fingerprint density at radius 2 is 1.83 bits per heavy atom. The third kappa shape index (κ3) is 5.26. The first-order chi connectivity index (χ1) is 13.6. The van der Waals surface area contributed by atoms with Crippen LogP contribution in [0, 0.1) is 0 Å². The number of rotatable bonds is 5. The summed E-state index contributed by atoms with van der Waals surface area (Å²) in [6.45, 7) is 11.0. The minimum atomic E-state index is -2.04. The molecule has 0 bridgehead atoms. The molecule has 1 unspecified atom stereocenters. The van der Waals surface area contributed by atoms with Gasteiger partial charge in [0.05, 0.1) is 13.2 Å². The molecule has 1 aromatic carbocycles. The topological polar surface area (TPSA) is 86.6 Å². The van der Waals surface area contributed by atoms with Crippen molar-refractivity contribution in [1.29, 1.82) is 0 Å². The van der Waals surface area contributed by atoms with Crippen LogP contribution in [0.2, 0.25) is 18.1 Å². The van der Waals surface area contributed by atoms with Crippen LogP contribution in [0.3, 0.4) is 0 Å². The van der Waals surface area contributed by atoms with E-state index in [-0.39, 0.29) is 25.0 Å². The van der Waals surface area contributed by atoms with Crippen molar-refractivity contribution in [1.82, 2.24) is 0 Å². The summed E-state index contributed by atoms with van der Waals surface area (Å²) in [4.78, 5) is 0. The number of hydrogen-bond donors (Lipinski definition) is 2. The van der Waals surface area contributed by atoms with E-state index in [0.717, 1.165) is 5.56 Å². The Labute approximate surface area is 174 Å². The largest absolute Gasteiger partial charge is 0.414 e. The third-order valence-corrected chi connectivity index (χ3v) is 10.6. The van der Waals surface area contributed by atoms with Crippen molar-refractivity contribution in [3.8, 4) is 0 Å². The Kier molecular flexibility index (Phi) is 7.17. The third-order valence-electron chi connectivity index (χ3n) is 6.15. The highest BCUT2D eigenvalue weighted by molar-refractivity contribution is 6.74. The summed E-state index contributed by atoms with van der Waals surface area (Å²) in [7, 11) is -2.04. The smallest absolute Gasteiger partial charge is 0.192 e. The van der Waals surface area contributed by atoms with E-state index >= 15 is 0 Å². The molecule has 3 rings (SSSR count). The molecular formula is C21H34O7Si. The van der Waals surface area contributed by atoms with Crippen LogP contribution >= 0.6 is 0 Å². The summed E-state index contributed by atoms with van der Waals surface area (Å²) in [6.07, 6.45) is -4.69. The van der Waals surface area contributed by atoms with Crippen molar-refractivity contribution in [2.45, 2.75) is 75.7 Å². The molecule has 6 atom stereocenters. The fourth-order valence-corrected chi connectivity index (χ4v) is 4.23. The van der Waals surface area contributed by atoms with E-state index in [1.807, 2.05) is 30.3 Å². The van der Waals surface area contributed by atoms with Crippen LogP contribution < -0.4 is 0 Å². The van der Waals surface area contributed by atoms with Gasteiger partial charge in [0.15, 0.2) is 14.6 Å². The Bertz CT molecular complexity index is 648. The molecule has 1 aromatic rings. The maximum absolute atomic E-state index is 11.0. The fourth-order valence-electron chi connectivity index (χ4n) is 3.21. The summed E-state index contributed by atoms with van der Waals surface area (Å²) in [5, 5.41) is 21.7. The summed E-state index contributed by atoms with van der Waals surface area (Å²) in [6, 6.07) is 9.54. The highest BCUT2D eigenvalue weighted by Gasteiger charge is 2.46. The van der Waals surface area contributed by atoms with Gasteiger partial charge in [-0.15, -0.1) is 0 Å². The molecule has 2 aliphatic rings. The molecule has 7 nitrogen and oxygen atoms in total. The van der Waals surface area contributed by atoms with Crippen LogP contribution in [0.1, 0.15) is 32.6 Å². The zero-order chi connectivity index (χ0) is 21.2. The molecule has 2 heterocycles. The van der Waals surface area contributed by atoms with Crippen LogP contribution in [0.25, 0.3) is 0 Å². The number of ether oxygens (including phenoxy) is 4. The normalized spacial score (nSPS) is 32.3. The van der Waals surface area contributed by atoms with Crippen molar-refractivity contribution < 1.29 is 33.6 Å². The zero-order valence-electron chi connectivity index (χ0n) is 17.9. The van der Waals surface area contributed by atoms with Gasteiger partial charge < -0.3 is 33.6 Å².